The normalized spacial score (nSPS) is 15.7. The number of nitrogens with one attached hydrogen (secondary N) is 1. The third kappa shape index (κ3) is 6.14. The number of rotatable bonds is 7. The Morgan fingerprint density at radius 1 is 1.19 bits per heavy atom. The van der Waals surface area contributed by atoms with Gasteiger partial charge in [-0.2, -0.15) is 4.31 Å². The molecule has 1 N–H and O–H groups in total. The standard InChI is InChI=1S/C26H29ClFN3O3S2/c1-17-4-9-21(14-22(17)27)36(33,34)31-12-10-19(11-13-31)25-29-23(16-35-25)24(32)30-26(2,3)15-18-5-7-20(28)8-6-18/h4-9,14,16,19H,10-13,15H2,1-3H3,(H,30,32). The summed E-state index contributed by atoms with van der Waals surface area (Å²) in [6, 6.07) is 11.0. The van der Waals surface area contributed by atoms with E-state index in [9.17, 15) is 17.6 Å². The van der Waals surface area contributed by atoms with Crippen molar-refractivity contribution in [1.82, 2.24) is 14.6 Å². The average molecular weight is 550 g/mol. The summed E-state index contributed by atoms with van der Waals surface area (Å²) in [5, 5.41) is 6.04. The van der Waals surface area contributed by atoms with Crippen molar-refractivity contribution in [2.45, 2.75) is 56.4 Å². The highest BCUT2D eigenvalue weighted by molar-refractivity contribution is 7.89. The van der Waals surface area contributed by atoms with Crippen LogP contribution in [0.2, 0.25) is 5.02 Å². The van der Waals surface area contributed by atoms with Gasteiger partial charge in [0.25, 0.3) is 5.91 Å². The van der Waals surface area contributed by atoms with Crippen molar-refractivity contribution in [3.63, 3.8) is 0 Å². The number of sulfonamides is 1. The second-order valence-corrected chi connectivity index (χ2v) is 13.0. The molecule has 0 bridgehead atoms. The van der Waals surface area contributed by atoms with Gasteiger partial charge in [0.15, 0.2) is 0 Å². The number of nitrogens with zero attached hydrogens (tertiary/aromatic N) is 2. The van der Waals surface area contributed by atoms with Crippen LogP contribution < -0.4 is 5.32 Å². The number of benzene rings is 2. The van der Waals surface area contributed by atoms with Gasteiger partial charge in [0.2, 0.25) is 10.0 Å². The molecule has 10 heteroatoms. The van der Waals surface area contributed by atoms with Gasteiger partial charge in [-0.15, -0.1) is 11.3 Å². The van der Waals surface area contributed by atoms with Gasteiger partial charge in [-0.1, -0.05) is 29.8 Å². The fourth-order valence-corrected chi connectivity index (χ4v) is 7.05. The van der Waals surface area contributed by atoms with E-state index in [1.807, 2.05) is 20.8 Å². The van der Waals surface area contributed by atoms with Crippen molar-refractivity contribution in [3.8, 4) is 0 Å². The molecule has 0 aliphatic carbocycles. The molecular formula is C26H29ClFN3O3S2. The lowest BCUT2D eigenvalue weighted by Crippen LogP contribution is -2.45. The van der Waals surface area contributed by atoms with Gasteiger partial charge in [0, 0.05) is 34.9 Å². The highest BCUT2D eigenvalue weighted by atomic mass is 35.5. The summed E-state index contributed by atoms with van der Waals surface area (Å²) in [6.07, 6.45) is 1.81. The number of hydrogen-bond acceptors (Lipinski definition) is 5. The van der Waals surface area contributed by atoms with Crippen molar-refractivity contribution in [3.05, 3.63) is 80.5 Å². The third-order valence-electron chi connectivity index (χ3n) is 6.35. The fraction of sp³-hybridized carbons (Fsp3) is 0.385. The molecule has 6 nitrogen and oxygen atoms in total. The van der Waals surface area contributed by atoms with Gasteiger partial charge < -0.3 is 5.32 Å². The molecular weight excluding hydrogens is 521 g/mol. The molecule has 2 aromatic carbocycles. The first-order chi connectivity index (χ1) is 16.9. The van der Waals surface area contributed by atoms with Crippen LogP contribution in [-0.4, -0.2) is 42.2 Å². The van der Waals surface area contributed by atoms with Gasteiger partial charge >= 0.3 is 0 Å². The minimum atomic E-state index is -3.62. The van der Waals surface area contributed by atoms with E-state index >= 15 is 0 Å². The number of aromatic nitrogens is 1. The number of thiazole rings is 1. The van der Waals surface area contributed by atoms with E-state index in [0.717, 1.165) is 16.1 Å². The van der Waals surface area contributed by atoms with E-state index in [1.165, 1.54) is 33.8 Å². The third-order valence-corrected chi connectivity index (χ3v) is 9.66. The van der Waals surface area contributed by atoms with Crippen LogP contribution in [0.1, 0.15) is 59.2 Å². The summed E-state index contributed by atoms with van der Waals surface area (Å²) in [5.41, 5.74) is 1.57. The second-order valence-electron chi connectivity index (χ2n) is 9.80. The Kier molecular flexibility index (Phi) is 7.85. The SMILES string of the molecule is Cc1ccc(S(=O)(=O)N2CCC(c3nc(C(=O)NC(C)(C)Cc4ccc(F)cc4)cs3)CC2)cc1Cl. The van der Waals surface area contributed by atoms with E-state index in [1.54, 1.807) is 29.6 Å². The van der Waals surface area contributed by atoms with Crippen LogP contribution >= 0.6 is 22.9 Å². The molecule has 36 heavy (non-hydrogen) atoms. The molecule has 1 saturated heterocycles. The minimum Gasteiger partial charge on any atom is -0.345 e. The Balaban J connectivity index is 1.36. The molecule has 0 unspecified atom stereocenters. The Morgan fingerprint density at radius 3 is 2.50 bits per heavy atom. The van der Waals surface area contributed by atoms with E-state index in [2.05, 4.69) is 10.3 Å². The van der Waals surface area contributed by atoms with Gasteiger partial charge in [-0.05, 0) is 75.4 Å². The number of aryl methyl sites for hydroxylation is 1. The van der Waals surface area contributed by atoms with Crippen LogP contribution in [0.4, 0.5) is 4.39 Å². The quantitative estimate of drug-likeness (QED) is 0.418. The predicted molar refractivity (Wildman–Crippen MR) is 141 cm³/mol. The van der Waals surface area contributed by atoms with E-state index in [0.29, 0.717) is 43.1 Å². The topological polar surface area (TPSA) is 79.4 Å². The minimum absolute atomic E-state index is 0.0943. The molecule has 192 valence electrons. The number of halogens is 2. The van der Waals surface area contributed by atoms with Crippen LogP contribution in [0, 0.1) is 12.7 Å². The molecule has 1 fully saturated rings. The maximum Gasteiger partial charge on any atom is 0.271 e. The lowest BCUT2D eigenvalue weighted by molar-refractivity contribution is 0.0908. The van der Waals surface area contributed by atoms with Crippen LogP contribution in [0.3, 0.4) is 0 Å². The largest absolute Gasteiger partial charge is 0.345 e. The summed E-state index contributed by atoms with van der Waals surface area (Å²) >= 11 is 7.57. The van der Waals surface area contributed by atoms with Crippen molar-refractivity contribution in [2.75, 3.05) is 13.1 Å². The molecule has 2 heterocycles. The van der Waals surface area contributed by atoms with Crippen molar-refractivity contribution >= 4 is 38.9 Å². The number of piperidine rings is 1. The molecule has 0 saturated carbocycles. The van der Waals surface area contributed by atoms with Gasteiger partial charge in [-0.25, -0.2) is 17.8 Å². The number of hydrogen-bond donors (Lipinski definition) is 1. The van der Waals surface area contributed by atoms with Crippen molar-refractivity contribution in [2.24, 2.45) is 0 Å². The highest BCUT2D eigenvalue weighted by Gasteiger charge is 2.32. The molecule has 0 atom stereocenters. The second kappa shape index (κ2) is 10.6. The molecule has 1 aliphatic rings. The molecule has 1 aliphatic heterocycles. The van der Waals surface area contributed by atoms with Crippen LogP contribution in [-0.2, 0) is 16.4 Å². The summed E-state index contributed by atoms with van der Waals surface area (Å²) < 4.78 is 40.8. The van der Waals surface area contributed by atoms with Gasteiger partial charge in [0.05, 0.1) is 9.90 Å². The first-order valence-corrected chi connectivity index (χ1v) is 14.4. The summed E-state index contributed by atoms with van der Waals surface area (Å²) in [5.74, 6) is -0.462. The monoisotopic (exact) mass is 549 g/mol. The Labute approximate surface area is 220 Å². The summed E-state index contributed by atoms with van der Waals surface area (Å²) in [7, 11) is -3.62. The lowest BCUT2D eigenvalue weighted by Gasteiger charge is -2.30. The maximum absolute atomic E-state index is 13.2. The van der Waals surface area contributed by atoms with Crippen LogP contribution in [0.25, 0.3) is 0 Å². The molecule has 0 radical (unpaired) electrons. The molecule has 4 rings (SSSR count). The number of carbonyl (C=O) groups excluding carboxylic acids is 1. The Hall–Kier alpha value is -2.33. The molecule has 1 aromatic heterocycles. The summed E-state index contributed by atoms with van der Waals surface area (Å²) in [6.45, 7) is 6.42. The number of carbonyl (C=O) groups is 1. The Bertz CT molecular complexity index is 1350. The predicted octanol–water partition coefficient (Wildman–Crippen LogP) is 5.56. The number of amides is 1. The first kappa shape index (κ1) is 26.7. The van der Waals surface area contributed by atoms with E-state index in [4.69, 9.17) is 11.6 Å². The lowest BCUT2D eigenvalue weighted by atomic mass is 9.94. The van der Waals surface area contributed by atoms with Crippen molar-refractivity contribution < 1.29 is 17.6 Å². The molecule has 0 spiro atoms. The van der Waals surface area contributed by atoms with Gasteiger partial charge in [0.1, 0.15) is 11.5 Å². The summed E-state index contributed by atoms with van der Waals surface area (Å²) in [4.78, 5) is 17.6. The molecule has 1 amide bonds. The van der Waals surface area contributed by atoms with Crippen LogP contribution in [0.15, 0.2) is 52.7 Å². The first-order valence-electron chi connectivity index (χ1n) is 11.7. The fourth-order valence-electron chi connectivity index (χ4n) is 4.33. The van der Waals surface area contributed by atoms with Crippen LogP contribution in [0.5, 0.6) is 0 Å². The van der Waals surface area contributed by atoms with Crippen molar-refractivity contribution in [1.29, 1.82) is 0 Å². The van der Waals surface area contributed by atoms with E-state index < -0.39 is 15.6 Å². The highest BCUT2D eigenvalue weighted by Crippen LogP contribution is 2.33. The Morgan fingerprint density at radius 2 is 1.86 bits per heavy atom. The average Bonchev–Trinajstić information content (AvgIpc) is 3.32. The zero-order valence-electron chi connectivity index (χ0n) is 20.4. The zero-order valence-corrected chi connectivity index (χ0v) is 22.8. The zero-order chi connectivity index (χ0) is 26.1. The van der Waals surface area contributed by atoms with E-state index in [-0.39, 0.29) is 22.5 Å². The van der Waals surface area contributed by atoms with Gasteiger partial charge in [-0.3, -0.25) is 4.79 Å². The molecule has 3 aromatic rings. The maximum atomic E-state index is 13.2. The smallest absolute Gasteiger partial charge is 0.271 e.